The van der Waals surface area contributed by atoms with Crippen LogP contribution in [-0.2, 0) is 14.9 Å². The number of hydrogen-bond acceptors (Lipinski definition) is 6. The third-order valence-electron chi connectivity index (χ3n) is 6.84. The first kappa shape index (κ1) is 24.4. The van der Waals surface area contributed by atoms with Gasteiger partial charge in [0.1, 0.15) is 11.6 Å². The molecule has 0 bridgehead atoms. The number of likely N-dealkylation sites (tertiary alicyclic amines) is 1. The Balaban J connectivity index is 1.31. The van der Waals surface area contributed by atoms with E-state index in [0.29, 0.717) is 36.7 Å². The summed E-state index contributed by atoms with van der Waals surface area (Å²) in [6.45, 7) is 4.54. The molecular formula is C23H34FN3O5S. The number of piperidine rings is 1. The van der Waals surface area contributed by atoms with E-state index in [9.17, 15) is 17.6 Å². The average molecular weight is 484 g/mol. The number of amides is 1. The van der Waals surface area contributed by atoms with Crippen LogP contribution in [0.2, 0.25) is 0 Å². The van der Waals surface area contributed by atoms with E-state index in [0.717, 1.165) is 25.9 Å². The molecule has 0 unspecified atom stereocenters. The summed E-state index contributed by atoms with van der Waals surface area (Å²) in [6.07, 6.45) is 5.96. The van der Waals surface area contributed by atoms with Gasteiger partial charge in [0.2, 0.25) is 0 Å². The van der Waals surface area contributed by atoms with Crippen LogP contribution in [0, 0.1) is 18.7 Å². The number of hydrogen-bond donors (Lipinski definition) is 1. The van der Waals surface area contributed by atoms with Crippen LogP contribution in [0.5, 0.6) is 5.75 Å². The predicted octanol–water partition coefficient (Wildman–Crippen LogP) is 2.47. The number of rotatable bonds is 8. The maximum absolute atomic E-state index is 14.7. The molecule has 0 aromatic heterocycles. The molecule has 0 atom stereocenters. The molecule has 184 valence electrons. The highest BCUT2D eigenvalue weighted by Gasteiger charge is 2.33. The monoisotopic (exact) mass is 483 g/mol. The highest BCUT2D eigenvalue weighted by molar-refractivity contribution is 7.87. The number of ether oxygens (including phenoxy) is 2. The number of nitrogens with zero attached hydrogens (tertiary/aromatic N) is 2. The number of halogens is 1. The van der Waals surface area contributed by atoms with Gasteiger partial charge in [-0.1, -0.05) is 12.8 Å². The van der Waals surface area contributed by atoms with Crippen LogP contribution >= 0.6 is 0 Å². The average Bonchev–Trinajstić information content (AvgIpc) is 3.26. The summed E-state index contributed by atoms with van der Waals surface area (Å²) in [4.78, 5) is 14.8. The van der Waals surface area contributed by atoms with Gasteiger partial charge in [-0.15, -0.1) is 0 Å². The second-order valence-corrected chi connectivity index (χ2v) is 11.2. The third kappa shape index (κ3) is 6.03. The Morgan fingerprint density at radius 2 is 1.79 bits per heavy atom. The molecule has 8 nitrogen and oxygen atoms in total. The van der Waals surface area contributed by atoms with Crippen molar-refractivity contribution in [2.75, 3.05) is 39.8 Å². The smallest absolute Gasteiger partial charge is 0.304 e. The van der Waals surface area contributed by atoms with Crippen molar-refractivity contribution in [2.45, 2.75) is 57.7 Å². The summed E-state index contributed by atoms with van der Waals surface area (Å²) < 4.78 is 55.1. The van der Waals surface area contributed by atoms with E-state index in [-0.39, 0.29) is 30.9 Å². The second kappa shape index (κ2) is 10.2. The Bertz CT molecular complexity index is 953. The maximum atomic E-state index is 14.7. The lowest BCUT2D eigenvalue weighted by molar-refractivity contribution is -0.0957. The molecule has 2 aliphatic heterocycles. The first-order valence-corrected chi connectivity index (χ1v) is 13.2. The molecule has 1 amide bonds. The molecule has 3 fully saturated rings. The molecule has 1 aromatic rings. The van der Waals surface area contributed by atoms with Crippen LogP contribution < -0.4 is 9.46 Å². The molecule has 1 aliphatic carbocycles. The minimum atomic E-state index is -4.07. The van der Waals surface area contributed by atoms with Crippen LogP contribution in [0.4, 0.5) is 4.39 Å². The fraction of sp³-hybridized carbons (Fsp3) is 0.696. The molecule has 33 heavy (non-hydrogen) atoms. The standard InChI is InChI=1S/C23H34FN3O5S/c1-16-11-20(21(24)12-22(16)31-15-17-5-3-4-6-17)23(28)25-33(29,30)27-9-7-18(8-10-27)32-19-13-26(2)14-19/h11-12,17-19H,3-10,13-15H2,1-2H3,(H,25,28). The normalized spacial score (nSPS) is 21.8. The van der Waals surface area contributed by atoms with Crippen molar-refractivity contribution in [3.05, 3.63) is 29.1 Å². The quantitative estimate of drug-likeness (QED) is 0.611. The van der Waals surface area contributed by atoms with Crippen molar-refractivity contribution in [3.63, 3.8) is 0 Å². The molecule has 1 saturated carbocycles. The van der Waals surface area contributed by atoms with Gasteiger partial charge in [0.05, 0.1) is 24.4 Å². The molecule has 0 radical (unpaired) electrons. The van der Waals surface area contributed by atoms with Gasteiger partial charge in [-0.2, -0.15) is 12.7 Å². The van der Waals surface area contributed by atoms with Crippen LogP contribution in [-0.4, -0.2) is 75.6 Å². The van der Waals surface area contributed by atoms with Crippen molar-refractivity contribution in [2.24, 2.45) is 5.92 Å². The minimum Gasteiger partial charge on any atom is -0.493 e. The molecule has 0 spiro atoms. The fourth-order valence-electron chi connectivity index (χ4n) is 4.82. The Labute approximate surface area is 195 Å². The Kier molecular flexibility index (Phi) is 7.57. The van der Waals surface area contributed by atoms with E-state index in [1.807, 2.05) is 11.8 Å². The first-order chi connectivity index (χ1) is 15.7. The lowest BCUT2D eigenvalue weighted by Crippen LogP contribution is -2.53. The van der Waals surface area contributed by atoms with Gasteiger partial charge in [0, 0.05) is 32.2 Å². The molecule has 3 aliphatic rings. The van der Waals surface area contributed by atoms with Crippen molar-refractivity contribution in [3.8, 4) is 5.75 Å². The number of aryl methyl sites for hydroxylation is 1. The number of likely N-dealkylation sites (N-methyl/N-ethyl adjacent to an activating group) is 1. The van der Waals surface area contributed by atoms with Gasteiger partial charge in [0.15, 0.2) is 0 Å². The largest absolute Gasteiger partial charge is 0.493 e. The highest BCUT2D eigenvalue weighted by Crippen LogP contribution is 2.28. The second-order valence-electron chi connectivity index (χ2n) is 9.57. The molecule has 10 heteroatoms. The summed E-state index contributed by atoms with van der Waals surface area (Å²) in [5.41, 5.74) is 0.285. The van der Waals surface area contributed by atoms with E-state index in [4.69, 9.17) is 9.47 Å². The molecule has 4 rings (SSSR count). The van der Waals surface area contributed by atoms with E-state index in [2.05, 4.69) is 4.90 Å². The lowest BCUT2D eigenvalue weighted by Gasteiger charge is -2.40. The maximum Gasteiger partial charge on any atom is 0.304 e. The number of benzene rings is 1. The summed E-state index contributed by atoms with van der Waals surface area (Å²) in [5, 5.41) is 0. The topological polar surface area (TPSA) is 88.2 Å². The van der Waals surface area contributed by atoms with Crippen LogP contribution in [0.25, 0.3) is 0 Å². The Morgan fingerprint density at radius 3 is 2.42 bits per heavy atom. The Morgan fingerprint density at radius 1 is 1.12 bits per heavy atom. The van der Waals surface area contributed by atoms with E-state index in [1.165, 1.54) is 29.3 Å². The summed E-state index contributed by atoms with van der Waals surface area (Å²) in [5.74, 6) is -0.912. The van der Waals surface area contributed by atoms with Gasteiger partial charge in [-0.05, 0) is 57.2 Å². The lowest BCUT2D eigenvalue weighted by atomic mass is 10.1. The van der Waals surface area contributed by atoms with Crippen LogP contribution in [0.1, 0.15) is 54.4 Å². The molecular weight excluding hydrogens is 449 g/mol. The number of carbonyl (C=O) groups excluding carboxylic acids is 1. The summed E-state index contributed by atoms with van der Waals surface area (Å²) >= 11 is 0. The molecule has 1 N–H and O–H groups in total. The van der Waals surface area contributed by atoms with E-state index >= 15 is 0 Å². The summed E-state index contributed by atoms with van der Waals surface area (Å²) in [7, 11) is -2.05. The molecule has 2 heterocycles. The van der Waals surface area contributed by atoms with E-state index < -0.39 is 21.9 Å². The SMILES string of the molecule is Cc1cc(C(=O)NS(=O)(=O)N2CCC(OC3CN(C)C3)CC2)c(F)cc1OCC1CCCC1. The van der Waals surface area contributed by atoms with Crippen LogP contribution in [0.15, 0.2) is 12.1 Å². The van der Waals surface area contributed by atoms with Gasteiger partial charge in [-0.3, -0.25) is 4.79 Å². The number of carbonyl (C=O) groups is 1. The molecule has 1 aromatic carbocycles. The summed E-state index contributed by atoms with van der Waals surface area (Å²) in [6, 6.07) is 2.52. The molecule has 2 saturated heterocycles. The van der Waals surface area contributed by atoms with Crippen molar-refractivity contribution < 1.29 is 27.1 Å². The van der Waals surface area contributed by atoms with Crippen molar-refractivity contribution in [1.29, 1.82) is 0 Å². The van der Waals surface area contributed by atoms with Gasteiger partial charge in [-0.25, -0.2) is 9.11 Å². The zero-order valence-electron chi connectivity index (χ0n) is 19.4. The Hall–Kier alpha value is -1.75. The zero-order chi connectivity index (χ0) is 23.6. The minimum absolute atomic E-state index is 0.0164. The van der Waals surface area contributed by atoms with Crippen molar-refractivity contribution in [1.82, 2.24) is 13.9 Å². The first-order valence-electron chi connectivity index (χ1n) is 11.8. The zero-order valence-corrected chi connectivity index (χ0v) is 20.2. The van der Waals surface area contributed by atoms with Gasteiger partial charge < -0.3 is 14.4 Å². The fourth-order valence-corrected chi connectivity index (χ4v) is 5.99. The van der Waals surface area contributed by atoms with Gasteiger partial charge >= 0.3 is 10.2 Å². The van der Waals surface area contributed by atoms with Crippen LogP contribution in [0.3, 0.4) is 0 Å². The predicted molar refractivity (Wildman–Crippen MR) is 122 cm³/mol. The van der Waals surface area contributed by atoms with Crippen molar-refractivity contribution >= 4 is 16.1 Å². The van der Waals surface area contributed by atoms with E-state index in [1.54, 1.807) is 6.92 Å². The highest BCUT2D eigenvalue weighted by atomic mass is 32.2. The van der Waals surface area contributed by atoms with Gasteiger partial charge in [0.25, 0.3) is 5.91 Å². The third-order valence-corrected chi connectivity index (χ3v) is 8.32. The number of nitrogens with one attached hydrogen (secondary N) is 1.